The molecule has 0 spiro atoms. The van der Waals surface area contributed by atoms with Gasteiger partial charge in [-0.3, -0.25) is 0 Å². The Morgan fingerprint density at radius 1 is 1.00 bits per heavy atom. The third kappa shape index (κ3) is 2.75. The highest BCUT2D eigenvalue weighted by Crippen LogP contribution is 2.47. The van der Waals surface area contributed by atoms with E-state index in [1.807, 2.05) is 12.1 Å². The number of likely N-dealkylation sites (tertiary alicyclic amines) is 1. The van der Waals surface area contributed by atoms with Crippen LogP contribution in [0.25, 0.3) is 0 Å². The number of nitrogens with zero attached hydrogens (tertiary/aromatic N) is 2. The fourth-order valence-corrected chi connectivity index (χ4v) is 5.52. The number of hydrogen-bond acceptors (Lipinski definition) is 2. The normalized spacial score (nSPS) is 28.7. The minimum Gasteiger partial charge on any atom is -0.300 e. The molecule has 2 aliphatic rings. The minimum atomic E-state index is -0.582. The second kappa shape index (κ2) is 6.89. The van der Waals surface area contributed by atoms with Crippen LogP contribution in [0.1, 0.15) is 43.7 Å². The lowest BCUT2D eigenvalue weighted by molar-refractivity contribution is 0.0617. The highest BCUT2D eigenvalue weighted by molar-refractivity contribution is 5.46. The fraction of sp³-hybridized carbons (Fsp3) is 0.458. The lowest BCUT2D eigenvalue weighted by Gasteiger charge is -2.45. The van der Waals surface area contributed by atoms with E-state index in [0.717, 1.165) is 29.4 Å². The highest BCUT2D eigenvalue weighted by atomic mass is 15.2. The third-order valence-electron chi connectivity index (χ3n) is 7.12. The zero-order valence-electron chi connectivity index (χ0n) is 15.8. The van der Waals surface area contributed by atoms with Crippen LogP contribution in [-0.4, -0.2) is 24.0 Å². The largest absolute Gasteiger partial charge is 0.300 e. The Balaban J connectivity index is 1.74. The molecule has 1 aliphatic carbocycles. The molecule has 2 aromatic rings. The summed E-state index contributed by atoms with van der Waals surface area (Å²) >= 11 is 0. The van der Waals surface area contributed by atoms with Gasteiger partial charge in [-0.15, -0.1) is 0 Å². The Bertz CT molecular complexity index is 737. The molecule has 26 heavy (non-hydrogen) atoms. The molecule has 4 atom stereocenters. The van der Waals surface area contributed by atoms with Gasteiger partial charge in [0.15, 0.2) is 0 Å². The molecule has 1 saturated heterocycles. The van der Waals surface area contributed by atoms with Crippen LogP contribution in [0.15, 0.2) is 60.7 Å². The Morgan fingerprint density at radius 3 is 2.12 bits per heavy atom. The maximum Gasteiger partial charge on any atom is 0.109 e. The molecule has 1 saturated carbocycles. The minimum absolute atomic E-state index is 0.462. The molecular weight excluding hydrogens is 316 g/mol. The first kappa shape index (κ1) is 17.3. The van der Waals surface area contributed by atoms with Gasteiger partial charge in [-0.25, -0.2) is 0 Å². The van der Waals surface area contributed by atoms with Crippen molar-refractivity contribution < 1.29 is 0 Å². The number of nitriles is 1. The van der Waals surface area contributed by atoms with Crippen molar-refractivity contribution >= 4 is 0 Å². The standard InChI is InChI=1S/C24H28N2/c1-18-19-13-14-23(18)26(2)22(15-19)16-24(17-25,20-9-5-3-6-10-20)21-11-7-4-8-12-21/h3-12,18-19,22-23H,13-16H2,1-2H3. The second-order valence-electron chi connectivity index (χ2n) is 8.27. The summed E-state index contributed by atoms with van der Waals surface area (Å²) in [5.41, 5.74) is 1.66. The fourth-order valence-electron chi connectivity index (χ4n) is 5.52. The summed E-state index contributed by atoms with van der Waals surface area (Å²) in [7, 11) is 2.28. The SMILES string of the molecule is CC1C2CCC1N(C)C(CC(C#N)(c1ccccc1)c1ccccc1)C2. The van der Waals surface area contributed by atoms with Crippen LogP contribution in [-0.2, 0) is 5.41 Å². The number of hydrogen-bond donors (Lipinski definition) is 0. The van der Waals surface area contributed by atoms with Crippen molar-refractivity contribution in [2.75, 3.05) is 7.05 Å². The molecule has 2 nitrogen and oxygen atoms in total. The van der Waals surface area contributed by atoms with Gasteiger partial charge in [0.1, 0.15) is 5.41 Å². The van der Waals surface area contributed by atoms with Gasteiger partial charge < -0.3 is 4.90 Å². The van der Waals surface area contributed by atoms with E-state index in [-0.39, 0.29) is 0 Å². The Hall–Kier alpha value is -2.11. The maximum atomic E-state index is 10.4. The first-order valence-electron chi connectivity index (χ1n) is 9.90. The van der Waals surface area contributed by atoms with Gasteiger partial charge in [0.25, 0.3) is 0 Å². The molecule has 134 valence electrons. The van der Waals surface area contributed by atoms with Gasteiger partial charge in [0.2, 0.25) is 0 Å². The molecule has 2 fully saturated rings. The van der Waals surface area contributed by atoms with E-state index in [1.165, 1.54) is 19.3 Å². The Kier molecular flexibility index (Phi) is 4.59. The van der Waals surface area contributed by atoms with E-state index in [4.69, 9.17) is 0 Å². The van der Waals surface area contributed by atoms with E-state index in [2.05, 4.69) is 73.5 Å². The first-order chi connectivity index (χ1) is 12.7. The van der Waals surface area contributed by atoms with Crippen LogP contribution in [0.4, 0.5) is 0 Å². The summed E-state index contributed by atoms with van der Waals surface area (Å²) in [6.45, 7) is 2.42. The lowest BCUT2D eigenvalue weighted by atomic mass is 9.69. The van der Waals surface area contributed by atoms with Crippen molar-refractivity contribution in [1.29, 1.82) is 5.26 Å². The van der Waals surface area contributed by atoms with Crippen LogP contribution >= 0.6 is 0 Å². The molecule has 1 aliphatic heterocycles. The van der Waals surface area contributed by atoms with Crippen molar-refractivity contribution in [3.8, 4) is 6.07 Å². The second-order valence-corrected chi connectivity index (χ2v) is 8.27. The average molecular weight is 345 g/mol. The summed E-state index contributed by atoms with van der Waals surface area (Å²) < 4.78 is 0. The maximum absolute atomic E-state index is 10.4. The third-order valence-corrected chi connectivity index (χ3v) is 7.12. The van der Waals surface area contributed by atoms with Crippen molar-refractivity contribution in [2.45, 2.75) is 50.1 Å². The summed E-state index contributed by atoms with van der Waals surface area (Å²) in [4.78, 5) is 2.59. The van der Waals surface area contributed by atoms with Crippen LogP contribution in [0, 0.1) is 23.2 Å². The topological polar surface area (TPSA) is 27.0 Å². The smallest absolute Gasteiger partial charge is 0.109 e. The van der Waals surface area contributed by atoms with Crippen molar-refractivity contribution in [3.05, 3.63) is 71.8 Å². The van der Waals surface area contributed by atoms with Crippen LogP contribution < -0.4 is 0 Å². The zero-order chi connectivity index (χ0) is 18.1. The molecule has 1 heterocycles. The molecule has 2 bridgehead atoms. The first-order valence-corrected chi connectivity index (χ1v) is 9.90. The molecule has 2 heteroatoms. The number of benzene rings is 2. The molecule has 4 unspecified atom stereocenters. The van der Waals surface area contributed by atoms with Crippen LogP contribution in [0.5, 0.6) is 0 Å². The van der Waals surface area contributed by atoms with E-state index in [1.54, 1.807) is 0 Å². The molecule has 0 aromatic heterocycles. The summed E-state index contributed by atoms with van der Waals surface area (Å²) in [5, 5.41) is 10.4. The monoisotopic (exact) mass is 344 g/mol. The van der Waals surface area contributed by atoms with E-state index in [9.17, 15) is 5.26 Å². The number of fused-ring (bicyclic) bond motifs is 2. The van der Waals surface area contributed by atoms with Gasteiger partial charge in [0, 0.05) is 12.1 Å². The van der Waals surface area contributed by atoms with Gasteiger partial charge >= 0.3 is 0 Å². The Morgan fingerprint density at radius 2 is 1.58 bits per heavy atom. The molecule has 2 aromatic carbocycles. The van der Waals surface area contributed by atoms with E-state index in [0.29, 0.717) is 12.1 Å². The Labute approximate surface area is 157 Å². The van der Waals surface area contributed by atoms with E-state index >= 15 is 0 Å². The van der Waals surface area contributed by atoms with Gasteiger partial charge in [-0.1, -0.05) is 67.6 Å². The van der Waals surface area contributed by atoms with Gasteiger partial charge in [0.05, 0.1) is 6.07 Å². The lowest BCUT2D eigenvalue weighted by Crippen LogP contribution is -2.50. The van der Waals surface area contributed by atoms with Crippen molar-refractivity contribution in [1.82, 2.24) is 4.90 Å². The van der Waals surface area contributed by atoms with E-state index < -0.39 is 5.41 Å². The summed E-state index contributed by atoms with van der Waals surface area (Å²) in [6, 6.07) is 24.7. The predicted octanol–water partition coefficient (Wildman–Crippen LogP) is 5.01. The van der Waals surface area contributed by atoms with Crippen LogP contribution in [0.2, 0.25) is 0 Å². The summed E-state index contributed by atoms with van der Waals surface area (Å²) in [5.74, 6) is 1.62. The molecule has 0 radical (unpaired) electrons. The number of piperidine rings is 1. The average Bonchev–Trinajstić information content (AvgIpc) is 2.97. The highest BCUT2D eigenvalue weighted by Gasteiger charge is 2.47. The molecule has 0 amide bonds. The molecular formula is C24H28N2. The molecule has 0 N–H and O–H groups in total. The van der Waals surface area contributed by atoms with Crippen molar-refractivity contribution in [3.63, 3.8) is 0 Å². The van der Waals surface area contributed by atoms with Crippen LogP contribution in [0.3, 0.4) is 0 Å². The quantitative estimate of drug-likeness (QED) is 0.780. The number of rotatable bonds is 4. The summed E-state index contributed by atoms with van der Waals surface area (Å²) in [6.07, 6.45) is 4.75. The zero-order valence-corrected chi connectivity index (χ0v) is 15.8. The van der Waals surface area contributed by atoms with Gasteiger partial charge in [-0.2, -0.15) is 5.26 Å². The predicted molar refractivity (Wildman–Crippen MR) is 106 cm³/mol. The van der Waals surface area contributed by atoms with Crippen molar-refractivity contribution in [2.24, 2.45) is 11.8 Å². The molecule has 4 rings (SSSR count). The van der Waals surface area contributed by atoms with Gasteiger partial charge in [-0.05, 0) is 55.7 Å².